The SMILES string of the molecule is Brc1ccc2c(c1)C1(CCCC1)c1ccccc1-2. The summed E-state index contributed by atoms with van der Waals surface area (Å²) in [6.07, 6.45) is 5.35. The molecule has 0 radical (unpaired) electrons. The highest BCUT2D eigenvalue weighted by Crippen LogP contribution is 2.56. The first-order chi connectivity index (χ1) is 8.81. The second kappa shape index (κ2) is 3.71. The van der Waals surface area contributed by atoms with Crippen molar-refractivity contribution in [3.05, 3.63) is 58.1 Å². The fourth-order valence-electron chi connectivity index (χ4n) is 3.94. The van der Waals surface area contributed by atoms with Crippen molar-refractivity contribution in [2.45, 2.75) is 31.1 Å². The van der Waals surface area contributed by atoms with Gasteiger partial charge in [-0.1, -0.05) is 59.1 Å². The molecule has 1 fully saturated rings. The van der Waals surface area contributed by atoms with Gasteiger partial charge in [0, 0.05) is 9.89 Å². The van der Waals surface area contributed by atoms with E-state index in [1.807, 2.05) is 0 Å². The van der Waals surface area contributed by atoms with E-state index >= 15 is 0 Å². The van der Waals surface area contributed by atoms with Crippen LogP contribution in [0.3, 0.4) is 0 Å². The summed E-state index contributed by atoms with van der Waals surface area (Å²) in [5.41, 5.74) is 6.35. The molecule has 0 N–H and O–H groups in total. The summed E-state index contributed by atoms with van der Waals surface area (Å²) in [5.74, 6) is 0. The Morgan fingerprint density at radius 2 is 1.56 bits per heavy atom. The lowest BCUT2D eigenvalue weighted by Crippen LogP contribution is -2.20. The number of hydrogen-bond acceptors (Lipinski definition) is 0. The summed E-state index contributed by atoms with van der Waals surface area (Å²) in [6, 6.07) is 15.8. The molecule has 2 aliphatic rings. The fraction of sp³-hybridized carbons (Fsp3) is 0.294. The number of rotatable bonds is 0. The fourth-order valence-corrected chi connectivity index (χ4v) is 4.31. The molecule has 1 saturated carbocycles. The van der Waals surface area contributed by atoms with Crippen molar-refractivity contribution in [1.82, 2.24) is 0 Å². The lowest BCUT2D eigenvalue weighted by molar-refractivity contribution is 0.549. The first kappa shape index (κ1) is 10.8. The van der Waals surface area contributed by atoms with Crippen molar-refractivity contribution < 1.29 is 0 Å². The lowest BCUT2D eigenvalue weighted by atomic mass is 9.77. The first-order valence-electron chi connectivity index (χ1n) is 6.71. The van der Waals surface area contributed by atoms with Gasteiger partial charge < -0.3 is 0 Å². The minimum atomic E-state index is 0.315. The molecule has 0 bridgehead atoms. The van der Waals surface area contributed by atoms with E-state index in [0.717, 1.165) is 0 Å². The zero-order valence-corrected chi connectivity index (χ0v) is 11.8. The highest BCUT2D eigenvalue weighted by molar-refractivity contribution is 9.10. The third kappa shape index (κ3) is 1.26. The summed E-state index contributed by atoms with van der Waals surface area (Å²) in [4.78, 5) is 0. The molecule has 0 aliphatic heterocycles. The van der Waals surface area contributed by atoms with E-state index in [1.165, 1.54) is 41.3 Å². The molecule has 1 spiro atoms. The maximum absolute atomic E-state index is 3.64. The van der Waals surface area contributed by atoms with Crippen LogP contribution in [0.2, 0.25) is 0 Å². The van der Waals surface area contributed by atoms with Crippen molar-refractivity contribution in [2.24, 2.45) is 0 Å². The number of benzene rings is 2. The van der Waals surface area contributed by atoms with Crippen molar-refractivity contribution in [2.75, 3.05) is 0 Å². The van der Waals surface area contributed by atoms with Crippen LogP contribution in [0.4, 0.5) is 0 Å². The maximum Gasteiger partial charge on any atom is 0.0215 e. The van der Waals surface area contributed by atoms with Crippen LogP contribution in [0.25, 0.3) is 11.1 Å². The van der Waals surface area contributed by atoms with Gasteiger partial charge in [-0.25, -0.2) is 0 Å². The summed E-state index contributed by atoms with van der Waals surface area (Å²) < 4.78 is 1.21. The van der Waals surface area contributed by atoms with Gasteiger partial charge in [-0.3, -0.25) is 0 Å². The summed E-state index contributed by atoms with van der Waals surface area (Å²) in [7, 11) is 0. The second-order valence-electron chi connectivity index (χ2n) is 5.52. The van der Waals surface area contributed by atoms with Crippen LogP contribution < -0.4 is 0 Å². The van der Waals surface area contributed by atoms with Crippen molar-refractivity contribution in [3.8, 4) is 11.1 Å². The van der Waals surface area contributed by atoms with E-state index < -0.39 is 0 Å². The Morgan fingerprint density at radius 1 is 0.833 bits per heavy atom. The normalized spacial score (nSPS) is 18.9. The largest absolute Gasteiger partial charge is 0.0619 e. The van der Waals surface area contributed by atoms with Gasteiger partial charge in [-0.15, -0.1) is 0 Å². The van der Waals surface area contributed by atoms with Gasteiger partial charge in [0.2, 0.25) is 0 Å². The Kier molecular flexibility index (Phi) is 2.23. The molecule has 18 heavy (non-hydrogen) atoms. The van der Waals surface area contributed by atoms with Gasteiger partial charge in [0.05, 0.1) is 0 Å². The molecule has 90 valence electrons. The average molecular weight is 299 g/mol. The molecule has 0 atom stereocenters. The topological polar surface area (TPSA) is 0 Å². The van der Waals surface area contributed by atoms with E-state index in [9.17, 15) is 0 Å². The van der Waals surface area contributed by atoms with Crippen molar-refractivity contribution >= 4 is 15.9 Å². The summed E-state index contributed by atoms with van der Waals surface area (Å²) in [6.45, 7) is 0. The van der Waals surface area contributed by atoms with Gasteiger partial charge in [0.1, 0.15) is 0 Å². The molecule has 1 heteroatoms. The zero-order chi connectivity index (χ0) is 12.2. The standard InChI is InChI=1S/C17H15Br/c18-12-7-8-14-13-5-1-2-6-15(13)17(16(14)11-12)9-3-4-10-17/h1-2,5-8,11H,3-4,9-10H2. The Labute approximate surface area is 116 Å². The molecule has 0 heterocycles. The van der Waals surface area contributed by atoms with Crippen LogP contribution in [-0.4, -0.2) is 0 Å². The minimum Gasteiger partial charge on any atom is -0.0619 e. The van der Waals surface area contributed by atoms with Gasteiger partial charge in [-0.2, -0.15) is 0 Å². The van der Waals surface area contributed by atoms with Crippen LogP contribution in [0.1, 0.15) is 36.8 Å². The van der Waals surface area contributed by atoms with E-state index in [2.05, 4.69) is 58.4 Å². The number of hydrogen-bond donors (Lipinski definition) is 0. The van der Waals surface area contributed by atoms with Crippen LogP contribution >= 0.6 is 15.9 Å². The van der Waals surface area contributed by atoms with Crippen LogP contribution in [0.15, 0.2) is 46.9 Å². The van der Waals surface area contributed by atoms with Gasteiger partial charge in [0.25, 0.3) is 0 Å². The molecule has 0 aromatic heterocycles. The van der Waals surface area contributed by atoms with E-state index in [1.54, 1.807) is 11.1 Å². The predicted molar refractivity (Wildman–Crippen MR) is 78.8 cm³/mol. The molecule has 2 aliphatic carbocycles. The highest BCUT2D eigenvalue weighted by Gasteiger charge is 2.44. The molecule has 2 aromatic carbocycles. The predicted octanol–water partition coefficient (Wildman–Crippen LogP) is 5.29. The first-order valence-corrected chi connectivity index (χ1v) is 7.50. The summed E-state index contributed by atoms with van der Waals surface area (Å²) >= 11 is 3.64. The van der Waals surface area contributed by atoms with Gasteiger partial charge in [-0.05, 0) is 47.2 Å². The molecule has 0 saturated heterocycles. The number of fused-ring (bicyclic) bond motifs is 5. The van der Waals surface area contributed by atoms with Crippen molar-refractivity contribution in [3.63, 3.8) is 0 Å². The van der Waals surface area contributed by atoms with E-state index in [0.29, 0.717) is 5.41 Å². The molecular weight excluding hydrogens is 284 g/mol. The second-order valence-corrected chi connectivity index (χ2v) is 6.44. The average Bonchev–Trinajstić information content (AvgIpc) is 2.98. The van der Waals surface area contributed by atoms with Crippen molar-refractivity contribution in [1.29, 1.82) is 0 Å². The van der Waals surface area contributed by atoms with Crippen LogP contribution in [0.5, 0.6) is 0 Å². The molecule has 2 aromatic rings. The van der Waals surface area contributed by atoms with Gasteiger partial charge in [0.15, 0.2) is 0 Å². The Balaban J connectivity index is 2.08. The van der Waals surface area contributed by atoms with E-state index in [-0.39, 0.29) is 0 Å². The third-order valence-corrected chi connectivity index (χ3v) is 5.18. The maximum atomic E-state index is 3.64. The summed E-state index contributed by atoms with van der Waals surface area (Å²) in [5, 5.41) is 0. The smallest absolute Gasteiger partial charge is 0.0215 e. The molecule has 4 rings (SSSR count). The van der Waals surface area contributed by atoms with Crippen LogP contribution in [-0.2, 0) is 5.41 Å². The number of halogens is 1. The minimum absolute atomic E-state index is 0.315. The van der Waals surface area contributed by atoms with Gasteiger partial charge >= 0.3 is 0 Å². The lowest BCUT2D eigenvalue weighted by Gasteiger charge is -2.26. The Hall–Kier alpha value is -1.08. The quantitative estimate of drug-likeness (QED) is 0.620. The zero-order valence-electron chi connectivity index (χ0n) is 10.2. The Morgan fingerprint density at radius 3 is 2.39 bits per heavy atom. The van der Waals surface area contributed by atoms with Crippen LogP contribution in [0, 0.1) is 0 Å². The van der Waals surface area contributed by atoms with E-state index in [4.69, 9.17) is 0 Å². The molecule has 0 amide bonds. The molecule has 0 nitrogen and oxygen atoms in total. The highest BCUT2D eigenvalue weighted by atomic mass is 79.9. The Bertz CT molecular complexity index is 621. The molecular formula is C17H15Br. The molecule has 0 unspecified atom stereocenters. The third-order valence-electron chi connectivity index (χ3n) is 4.69. The monoisotopic (exact) mass is 298 g/mol.